The SMILES string of the molecule is O=C(Oc1ccc2c(c1)O/C(=C\c1ccc([N+](=O)[O-])cc1)C2=O)c1ccc([N+](=O)[O-])cc1. The first kappa shape index (κ1) is 20.4. The highest BCUT2D eigenvalue weighted by Crippen LogP contribution is 2.35. The fourth-order valence-electron chi connectivity index (χ4n) is 2.96. The summed E-state index contributed by atoms with van der Waals surface area (Å²) in [6.07, 6.45) is 1.45. The summed E-state index contributed by atoms with van der Waals surface area (Å²) in [5.74, 6) is -0.779. The Morgan fingerprint density at radius 2 is 1.47 bits per heavy atom. The molecule has 10 nitrogen and oxygen atoms in total. The molecule has 0 aliphatic carbocycles. The van der Waals surface area contributed by atoms with Crippen molar-refractivity contribution in [3.05, 3.63) is 109 Å². The number of esters is 1. The van der Waals surface area contributed by atoms with E-state index < -0.39 is 15.8 Å². The number of ether oxygens (including phenoxy) is 2. The number of rotatable bonds is 5. The molecule has 0 bridgehead atoms. The third-order valence-corrected chi connectivity index (χ3v) is 4.57. The van der Waals surface area contributed by atoms with Crippen LogP contribution in [-0.4, -0.2) is 21.6 Å². The molecular weight excluding hydrogens is 420 g/mol. The zero-order valence-corrected chi connectivity index (χ0v) is 16.1. The number of nitro benzene ring substituents is 2. The minimum absolute atomic E-state index is 0.0210. The average Bonchev–Trinajstić information content (AvgIpc) is 3.08. The first-order valence-corrected chi connectivity index (χ1v) is 9.11. The summed E-state index contributed by atoms with van der Waals surface area (Å²) >= 11 is 0. The van der Waals surface area contributed by atoms with Crippen molar-refractivity contribution in [2.45, 2.75) is 0 Å². The Hall–Kier alpha value is -4.86. The fraction of sp³-hybridized carbons (Fsp3) is 0. The van der Waals surface area contributed by atoms with Crippen LogP contribution in [0.3, 0.4) is 0 Å². The van der Waals surface area contributed by atoms with E-state index in [2.05, 4.69) is 0 Å². The van der Waals surface area contributed by atoms with Crippen LogP contribution in [0.4, 0.5) is 11.4 Å². The van der Waals surface area contributed by atoms with Crippen molar-refractivity contribution >= 4 is 29.2 Å². The minimum Gasteiger partial charge on any atom is -0.452 e. The van der Waals surface area contributed by atoms with E-state index >= 15 is 0 Å². The summed E-state index contributed by atoms with van der Waals surface area (Å²) in [6.45, 7) is 0. The lowest BCUT2D eigenvalue weighted by Crippen LogP contribution is -2.08. The summed E-state index contributed by atoms with van der Waals surface area (Å²) in [5, 5.41) is 21.5. The number of carbonyl (C=O) groups excluding carboxylic acids is 2. The third-order valence-electron chi connectivity index (χ3n) is 4.57. The predicted octanol–water partition coefficient (Wildman–Crippen LogP) is 4.34. The molecule has 1 aliphatic heterocycles. The van der Waals surface area contributed by atoms with Crippen LogP contribution < -0.4 is 9.47 Å². The van der Waals surface area contributed by atoms with Gasteiger partial charge in [-0.15, -0.1) is 0 Å². The largest absolute Gasteiger partial charge is 0.452 e. The van der Waals surface area contributed by atoms with Crippen LogP contribution in [0.15, 0.2) is 72.5 Å². The van der Waals surface area contributed by atoms with Gasteiger partial charge in [0.05, 0.1) is 21.0 Å². The van der Waals surface area contributed by atoms with Gasteiger partial charge >= 0.3 is 5.97 Å². The van der Waals surface area contributed by atoms with E-state index in [0.29, 0.717) is 5.56 Å². The van der Waals surface area contributed by atoms with Crippen molar-refractivity contribution in [3.8, 4) is 11.5 Å². The number of carbonyl (C=O) groups is 2. The van der Waals surface area contributed by atoms with E-state index in [1.54, 1.807) is 0 Å². The maximum absolute atomic E-state index is 12.6. The zero-order chi connectivity index (χ0) is 22.8. The Morgan fingerprint density at radius 3 is 2.06 bits per heavy atom. The van der Waals surface area contributed by atoms with E-state index in [1.807, 2.05) is 0 Å². The normalized spacial score (nSPS) is 13.4. The van der Waals surface area contributed by atoms with Crippen LogP contribution in [0.5, 0.6) is 11.5 Å². The number of hydrogen-bond acceptors (Lipinski definition) is 8. The highest BCUT2D eigenvalue weighted by molar-refractivity contribution is 6.14. The summed E-state index contributed by atoms with van der Waals surface area (Å²) in [5.41, 5.74) is 0.698. The minimum atomic E-state index is -0.731. The van der Waals surface area contributed by atoms with Crippen molar-refractivity contribution < 1.29 is 28.9 Å². The molecule has 1 heterocycles. The highest BCUT2D eigenvalue weighted by Gasteiger charge is 2.28. The Bertz CT molecular complexity index is 1290. The van der Waals surface area contributed by atoms with Gasteiger partial charge in [-0.05, 0) is 48.0 Å². The second-order valence-electron chi connectivity index (χ2n) is 6.64. The van der Waals surface area contributed by atoms with Gasteiger partial charge in [-0.2, -0.15) is 0 Å². The Labute approximate surface area is 179 Å². The first-order chi connectivity index (χ1) is 15.3. The molecule has 32 heavy (non-hydrogen) atoms. The number of benzene rings is 3. The van der Waals surface area contributed by atoms with Crippen LogP contribution in [0.25, 0.3) is 6.08 Å². The lowest BCUT2D eigenvalue weighted by atomic mass is 10.1. The van der Waals surface area contributed by atoms with Crippen LogP contribution >= 0.6 is 0 Å². The average molecular weight is 432 g/mol. The van der Waals surface area contributed by atoms with Crippen molar-refractivity contribution in [2.75, 3.05) is 0 Å². The molecule has 0 unspecified atom stereocenters. The molecular formula is C22H12N2O8. The van der Waals surface area contributed by atoms with Gasteiger partial charge in [0.1, 0.15) is 11.5 Å². The maximum Gasteiger partial charge on any atom is 0.343 e. The summed E-state index contributed by atoms with van der Waals surface area (Å²) in [6, 6.07) is 14.8. The fourth-order valence-corrected chi connectivity index (χ4v) is 2.96. The summed E-state index contributed by atoms with van der Waals surface area (Å²) in [7, 11) is 0. The quantitative estimate of drug-likeness (QED) is 0.191. The van der Waals surface area contributed by atoms with Crippen LogP contribution in [-0.2, 0) is 0 Å². The van der Waals surface area contributed by atoms with Crippen molar-refractivity contribution in [3.63, 3.8) is 0 Å². The number of nitro groups is 2. The van der Waals surface area contributed by atoms with Crippen LogP contribution in [0.2, 0.25) is 0 Å². The number of non-ortho nitro benzene ring substituents is 2. The Balaban J connectivity index is 1.50. The van der Waals surface area contributed by atoms with Gasteiger partial charge in [-0.3, -0.25) is 25.0 Å². The predicted molar refractivity (Wildman–Crippen MR) is 111 cm³/mol. The number of Topliss-reactive ketones (excluding diaryl/α,β-unsaturated/α-hetero) is 1. The number of allylic oxidation sites excluding steroid dienone is 1. The lowest BCUT2D eigenvalue weighted by molar-refractivity contribution is -0.385. The second kappa shape index (κ2) is 8.11. The highest BCUT2D eigenvalue weighted by atomic mass is 16.6. The summed E-state index contributed by atoms with van der Waals surface area (Å²) < 4.78 is 10.8. The molecule has 0 spiro atoms. The molecule has 0 fully saturated rings. The summed E-state index contributed by atoms with van der Waals surface area (Å²) in [4.78, 5) is 45.2. The lowest BCUT2D eigenvalue weighted by Gasteiger charge is -2.05. The van der Waals surface area contributed by atoms with E-state index in [4.69, 9.17) is 9.47 Å². The van der Waals surface area contributed by atoms with Gasteiger partial charge in [-0.25, -0.2) is 4.79 Å². The Morgan fingerprint density at radius 1 is 0.875 bits per heavy atom. The Kier molecular flexibility index (Phi) is 5.17. The van der Waals surface area contributed by atoms with Gasteiger partial charge in [0.15, 0.2) is 5.76 Å². The van der Waals surface area contributed by atoms with Gasteiger partial charge in [-0.1, -0.05) is 0 Å². The number of fused-ring (bicyclic) bond motifs is 1. The first-order valence-electron chi connectivity index (χ1n) is 9.11. The van der Waals surface area contributed by atoms with Crippen molar-refractivity contribution in [2.24, 2.45) is 0 Å². The molecule has 10 heteroatoms. The smallest absolute Gasteiger partial charge is 0.343 e. The molecule has 0 saturated carbocycles. The van der Waals surface area contributed by atoms with E-state index in [-0.39, 0.29) is 45.5 Å². The van der Waals surface area contributed by atoms with Crippen molar-refractivity contribution in [1.29, 1.82) is 0 Å². The van der Waals surface area contributed by atoms with E-state index in [9.17, 15) is 29.8 Å². The molecule has 158 valence electrons. The molecule has 4 rings (SSSR count). The van der Waals surface area contributed by atoms with Gasteiger partial charge in [0, 0.05) is 30.3 Å². The number of ketones is 1. The topological polar surface area (TPSA) is 139 Å². The molecule has 0 N–H and O–H groups in total. The molecule has 0 aromatic heterocycles. The number of nitrogens with zero attached hydrogens (tertiary/aromatic N) is 2. The number of hydrogen-bond donors (Lipinski definition) is 0. The van der Waals surface area contributed by atoms with Crippen LogP contribution in [0.1, 0.15) is 26.3 Å². The second-order valence-corrected chi connectivity index (χ2v) is 6.64. The molecule has 0 atom stereocenters. The van der Waals surface area contributed by atoms with E-state index in [0.717, 1.165) is 0 Å². The maximum atomic E-state index is 12.6. The molecule has 0 radical (unpaired) electrons. The monoisotopic (exact) mass is 432 g/mol. The van der Waals surface area contributed by atoms with Crippen molar-refractivity contribution in [1.82, 2.24) is 0 Å². The molecule has 0 amide bonds. The molecule has 3 aromatic carbocycles. The molecule has 1 aliphatic rings. The van der Waals surface area contributed by atoms with E-state index in [1.165, 1.54) is 72.8 Å². The van der Waals surface area contributed by atoms with Gasteiger partial charge < -0.3 is 9.47 Å². The third kappa shape index (κ3) is 4.05. The molecule has 3 aromatic rings. The van der Waals surface area contributed by atoms with Crippen LogP contribution in [0, 0.1) is 20.2 Å². The molecule has 0 saturated heterocycles. The zero-order valence-electron chi connectivity index (χ0n) is 16.1. The van der Waals surface area contributed by atoms with Gasteiger partial charge in [0.2, 0.25) is 5.78 Å². The standard InChI is InChI=1S/C22H12N2O8/c25-21-18-10-9-17(31-22(26)14-3-7-16(8-4-14)24(29)30)12-19(18)32-20(21)11-13-1-5-15(6-2-13)23(27)28/h1-12H/b20-11-. The van der Waals surface area contributed by atoms with Gasteiger partial charge in [0.25, 0.3) is 11.4 Å².